The van der Waals surface area contributed by atoms with Gasteiger partial charge >= 0.3 is 0 Å². The van der Waals surface area contributed by atoms with E-state index in [-0.39, 0.29) is 35.4 Å². The molecule has 7 heterocycles. The van der Waals surface area contributed by atoms with Gasteiger partial charge in [-0.3, -0.25) is 24.1 Å². The lowest BCUT2D eigenvalue weighted by Crippen LogP contribution is -2.59. The van der Waals surface area contributed by atoms with Crippen molar-refractivity contribution in [2.45, 2.75) is 44.6 Å². The van der Waals surface area contributed by atoms with Crippen molar-refractivity contribution in [1.29, 1.82) is 0 Å². The number of anilines is 1. The Hall–Kier alpha value is -6.38. The first-order chi connectivity index (χ1) is 34.5. The van der Waals surface area contributed by atoms with Gasteiger partial charge in [-0.25, -0.2) is 24.4 Å². The van der Waals surface area contributed by atoms with Crippen LogP contribution in [0.2, 0.25) is 0 Å². The Morgan fingerprint density at radius 3 is 2.30 bits per heavy atom. The number of carbonyl (C=O) groups is 4. The number of piperazine rings is 2. The molecule has 4 saturated heterocycles. The third-order valence-corrected chi connectivity index (χ3v) is 14.9. The summed E-state index contributed by atoms with van der Waals surface area (Å²) < 4.78 is 14.4. The molecule has 4 N–H and O–H groups in total. The lowest BCUT2D eigenvalue weighted by atomic mass is 9.57. The van der Waals surface area contributed by atoms with E-state index in [0.29, 0.717) is 85.4 Å². The second-order valence-corrected chi connectivity index (χ2v) is 19.9. The van der Waals surface area contributed by atoms with Gasteiger partial charge in [-0.1, -0.05) is 24.3 Å². The summed E-state index contributed by atoms with van der Waals surface area (Å²) in [5, 5.41) is 17.5. The van der Waals surface area contributed by atoms with E-state index in [2.05, 4.69) is 55.8 Å². The van der Waals surface area contributed by atoms with Gasteiger partial charge in [-0.2, -0.15) is 5.10 Å². The molecule has 5 aromatic rings. The number of likely N-dealkylation sites (N-methyl/N-ethyl adjacent to an activating group) is 1. The number of amides is 3. The fourth-order valence-electron chi connectivity index (χ4n) is 10.5. The lowest BCUT2D eigenvalue weighted by molar-refractivity contribution is -0.115. The summed E-state index contributed by atoms with van der Waals surface area (Å²) in [4.78, 5) is 85.4. The summed E-state index contributed by atoms with van der Waals surface area (Å²) in [5.74, 6) is -0.198. The number of H-pyrrole nitrogens is 1. The summed E-state index contributed by atoms with van der Waals surface area (Å²) in [5.41, 5.74) is 4.40. The number of fused-ring (bicyclic) bond motifs is 1. The maximum Gasteiger partial charge on any atom is 0.274 e. The quantitative estimate of drug-likeness (QED) is 0.118. The molecular formula is C52H64FN13O5. The molecule has 0 atom stereocenters. The molecule has 3 aromatic heterocycles. The standard InChI is InChI=1S/C31H43N9O3.C21H21FN4O2/c41-12-11-38-7-9-39(10-8-38)19-23-2-5-40(6-3-23)30(43)29-27(37-28(42)18-33-17-26-1-4-32-22-36-26)13-24(16-35-29)25-14-31(15-25)20-34-21-31;1-25-8-10-26(11-9-25)21(28)17-12-14(6-7-18(17)22)13-19-15-4-2-3-5-16(15)20(27)24-23-19/h1,4,12-13,16,22-23,25,33-34H,2-3,5-11,14-15,17-21H2,(H,37,42);2-7,12H,8-11,13H2,1H3,(H,24,27). The first-order valence-electron chi connectivity index (χ1n) is 24.9. The van der Waals surface area contributed by atoms with E-state index in [4.69, 9.17) is 0 Å². The highest BCUT2D eigenvalue weighted by molar-refractivity contribution is 6.03. The number of nitrogens with zero attached hydrogens (tertiary/aromatic N) is 9. The van der Waals surface area contributed by atoms with E-state index in [1.54, 1.807) is 41.4 Å². The van der Waals surface area contributed by atoms with E-state index < -0.39 is 5.82 Å². The predicted octanol–water partition coefficient (Wildman–Crippen LogP) is 2.78. The minimum Gasteiger partial charge on any atom is -0.337 e. The fourth-order valence-corrected chi connectivity index (χ4v) is 10.5. The lowest BCUT2D eigenvalue weighted by Gasteiger charge is -2.54. The smallest absolute Gasteiger partial charge is 0.274 e. The third-order valence-electron chi connectivity index (χ3n) is 14.9. The van der Waals surface area contributed by atoms with Crippen LogP contribution < -0.4 is 21.5 Å². The monoisotopic (exact) mass is 970 g/mol. The van der Waals surface area contributed by atoms with Crippen LogP contribution in [0.3, 0.4) is 0 Å². The number of nitrogens with one attached hydrogen (secondary N) is 4. The van der Waals surface area contributed by atoms with Crippen molar-refractivity contribution in [2.24, 2.45) is 11.3 Å². The first-order valence-corrected chi connectivity index (χ1v) is 24.9. The van der Waals surface area contributed by atoms with Crippen LogP contribution in [0, 0.1) is 17.2 Å². The number of hydrogen-bond donors (Lipinski definition) is 4. The topological polar surface area (TPSA) is 205 Å². The van der Waals surface area contributed by atoms with Crippen molar-refractivity contribution in [3.63, 3.8) is 0 Å². The van der Waals surface area contributed by atoms with Gasteiger partial charge in [0.15, 0.2) is 5.69 Å². The average Bonchev–Trinajstić information content (AvgIpc) is 3.36. The molecule has 2 aromatic carbocycles. The first kappa shape index (κ1) is 49.6. The van der Waals surface area contributed by atoms with E-state index in [1.165, 1.54) is 12.4 Å². The molecule has 19 heteroatoms. The zero-order valence-electron chi connectivity index (χ0n) is 40.5. The van der Waals surface area contributed by atoms with Crippen molar-refractivity contribution in [1.82, 2.24) is 60.3 Å². The molecule has 0 radical (unpaired) electrons. The van der Waals surface area contributed by atoms with Crippen LogP contribution in [0.25, 0.3) is 10.8 Å². The molecule has 1 spiro atoms. The fraction of sp³-hybridized carbons (Fsp3) is 0.481. The summed E-state index contributed by atoms with van der Waals surface area (Å²) in [6.45, 7) is 12.2. The van der Waals surface area contributed by atoms with Gasteiger partial charge in [0.2, 0.25) is 5.91 Å². The molecule has 374 valence electrons. The van der Waals surface area contributed by atoms with E-state index in [1.807, 2.05) is 36.3 Å². The molecule has 71 heavy (non-hydrogen) atoms. The molecule has 0 bridgehead atoms. The number of piperidine rings is 1. The van der Waals surface area contributed by atoms with E-state index in [0.717, 1.165) is 113 Å². The molecule has 1 saturated carbocycles. The summed E-state index contributed by atoms with van der Waals surface area (Å²) >= 11 is 0. The third kappa shape index (κ3) is 12.2. The molecule has 18 nitrogen and oxygen atoms in total. The van der Waals surface area contributed by atoms with Crippen LogP contribution in [-0.2, 0) is 22.6 Å². The molecule has 5 fully saturated rings. The Kier molecular flexibility index (Phi) is 15.9. The number of likely N-dealkylation sites (tertiary alicyclic amines) is 1. The molecule has 10 rings (SSSR count). The number of aromatic nitrogens is 5. The van der Waals surface area contributed by atoms with Crippen molar-refractivity contribution in [3.05, 3.63) is 123 Å². The van der Waals surface area contributed by atoms with Crippen LogP contribution in [0.4, 0.5) is 10.1 Å². The number of hydrogen-bond acceptors (Lipinski definition) is 14. The molecule has 0 unspecified atom stereocenters. The second-order valence-electron chi connectivity index (χ2n) is 19.9. The SMILES string of the molecule is CN1CCN(C(=O)c2cc(Cc3n[nH]c(=O)c4ccccc34)ccc2F)CC1.O=CCN1CCN(CC2CCN(C(=O)c3ncc(C4CC5(CNC5)C4)cc3NC(=O)CNCc3ccncn3)CC2)CC1. The number of aromatic amines is 1. The van der Waals surface area contributed by atoms with Crippen molar-refractivity contribution >= 4 is 40.5 Å². The summed E-state index contributed by atoms with van der Waals surface area (Å²) in [6, 6.07) is 15.6. The van der Waals surface area contributed by atoms with Crippen LogP contribution >= 0.6 is 0 Å². The maximum atomic E-state index is 14.4. The zero-order valence-corrected chi connectivity index (χ0v) is 40.5. The van der Waals surface area contributed by atoms with Gasteiger partial charge < -0.3 is 40.3 Å². The van der Waals surface area contributed by atoms with Crippen LogP contribution in [-0.4, -0.2) is 179 Å². The molecule has 5 aliphatic rings. The van der Waals surface area contributed by atoms with E-state index in [9.17, 15) is 28.4 Å². The molecular weight excluding hydrogens is 906 g/mol. The summed E-state index contributed by atoms with van der Waals surface area (Å²) in [6.07, 6.45) is 10.5. The highest BCUT2D eigenvalue weighted by atomic mass is 19.1. The van der Waals surface area contributed by atoms with Gasteiger partial charge in [0, 0.05) is 116 Å². The van der Waals surface area contributed by atoms with Crippen LogP contribution in [0.1, 0.15) is 75.0 Å². The Morgan fingerprint density at radius 2 is 1.59 bits per heavy atom. The number of carbonyl (C=O) groups excluding carboxylic acids is 4. The Morgan fingerprint density at radius 1 is 0.859 bits per heavy atom. The number of aldehydes is 1. The Bertz CT molecular complexity index is 2720. The average molecular weight is 970 g/mol. The van der Waals surface area contributed by atoms with Gasteiger partial charge in [-0.05, 0) is 91.4 Å². The zero-order chi connectivity index (χ0) is 49.3. The van der Waals surface area contributed by atoms with Gasteiger partial charge in [0.1, 0.15) is 18.4 Å². The highest BCUT2D eigenvalue weighted by Crippen LogP contribution is 2.53. The van der Waals surface area contributed by atoms with Crippen molar-refractivity contribution in [2.75, 3.05) is 111 Å². The highest BCUT2D eigenvalue weighted by Gasteiger charge is 2.49. The predicted molar refractivity (Wildman–Crippen MR) is 266 cm³/mol. The van der Waals surface area contributed by atoms with Crippen molar-refractivity contribution < 1.29 is 23.6 Å². The number of benzene rings is 2. The largest absolute Gasteiger partial charge is 0.337 e. The van der Waals surface area contributed by atoms with Crippen molar-refractivity contribution in [3.8, 4) is 0 Å². The van der Waals surface area contributed by atoms with Gasteiger partial charge in [-0.15, -0.1) is 0 Å². The second kappa shape index (κ2) is 22.8. The van der Waals surface area contributed by atoms with Gasteiger partial charge in [0.25, 0.3) is 17.4 Å². The normalized spacial score (nSPS) is 18.8. The van der Waals surface area contributed by atoms with Gasteiger partial charge in [0.05, 0.1) is 41.1 Å². The summed E-state index contributed by atoms with van der Waals surface area (Å²) in [7, 11) is 2.00. The molecule has 1 aliphatic carbocycles. The van der Waals surface area contributed by atoms with E-state index >= 15 is 0 Å². The minimum atomic E-state index is -0.521. The minimum absolute atomic E-state index is 0.0794. The molecule has 4 aliphatic heterocycles. The number of rotatable bonds is 14. The number of halogens is 1. The van der Waals surface area contributed by atoms with Crippen LogP contribution in [0.15, 0.2) is 78.1 Å². The maximum absolute atomic E-state index is 14.4. The number of pyridine rings is 1. The molecule has 3 amide bonds. The Balaban J connectivity index is 0.000000192. The van der Waals surface area contributed by atoms with Crippen LogP contribution in [0.5, 0.6) is 0 Å². The Labute approximate surface area is 412 Å².